The van der Waals surface area contributed by atoms with E-state index in [4.69, 9.17) is 11.6 Å². The van der Waals surface area contributed by atoms with Gasteiger partial charge in [-0.25, -0.2) is 9.78 Å². The lowest BCUT2D eigenvalue weighted by molar-refractivity contribution is -0.114. The van der Waals surface area contributed by atoms with Crippen LogP contribution in [0.1, 0.15) is 6.92 Å². The molecular formula is C8H7ClN2O3. The Labute approximate surface area is 85.0 Å². The molecule has 1 N–H and O–H groups in total. The molecule has 0 fully saturated rings. The Kier molecular flexibility index (Phi) is 3.41. The number of ether oxygens (including phenoxy) is 1. The van der Waals surface area contributed by atoms with E-state index in [1.807, 2.05) is 0 Å². The fraction of sp³-hybridized carbons (Fsp3) is 0.125. The lowest BCUT2D eigenvalue weighted by Gasteiger charge is -2.01. The van der Waals surface area contributed by atoms with Crippen molar-refractivity contribution in [1.82, 2.24) is 4.98 Å². The Balaban J connectivity index is 2.68. The molecule has 6 heteroatoms. The number of carbonyl (C=O) groups excluding carboxylic acids is 2. The molecule has 0 bridgehead atoms. The third kappa shape index (κ3) is 3.40. The number of carbonyl (C=O) groups is 2. The van der Waals surface area contributed by atoms with Crippen LogP contribution in [-0.4, -0.2) is 16.3 Å². The van der Waals surface area contributed by atoms with Gasteiger partial charge in [-0.2, -0.15) is 0 Å². The highest BCUT2D eigenvalue weighted by atomic mass is 35.5. The molecule has 0 aliphatic heterocycles. The van der Waals surface area contributed by atoms with Crippen LogP contribution in [0.15, 0.2) is 18.3 Å². The van der Waals surface area contributed by atoms with Gasteiger partial charge in [0.15, 0.2) is 5.75 Å². The van der Waals surface area contributed by atoms with Crippen molar-refractivity contribution in [2.24, 2.45) is 0 Å². The predicted octanol–water partition coefficient (Wildman–Crippen LogP) is 1.78. The minimum atomic E-state index is -0.931. The summed E-state index contributed by atoms with van der Waals surface area (Å²) in [5, 5.41) is 2.46. The molecule has 1 heterocycles. The zero-order valence-electron chi connectivity index (χ0n) is 7.28. The quantitative estimate of drug-likeness (QED) is 0.762. The summed E-state index contributed by atoms with van der Waals surface area (Å²) in [6.45, 7) is 1.37. The highest BCUT2D eigenvalue weighted by Gasteiger charge is 2.01. The highest BCUT2D eigenvalue weighted by molar-refractivity contribution is 6.61. The maximum atomic E-state index is 10.6. The summed E-state index contributed by atoms with van der Waals surface area (Å²) in [7, 11) is 0. The summed E-state index contributed by atoms with van der Waals surface area (Å²) in [5.41, 5.74) is -0.931. The number of pyridine rings is 1. The second-order valence-electron chi connectivity index (χ2n) is 2.40. The van der Waals surface area contributed by atoms with Crippen molar-refractivity contribution in [3.8, 4) is 5.75 Å². The maximum Gasteiger partial charge on any atom is 0.409 e. The molecule has 0 saturated carbocycles. The third-order valence-electron chi connectivity index (χ3n) is 1.24. The van der Waals surface area contributed by atoms with Crippen molar-refractivity contribution in [1.29, 1.82) is 0 Å². The number of aromatic nitrogens is 1. The molecule has 14 heavy (non-hydrogen) atoms. The predicted molar refractivity (Wildman–Crippen MR) is 50.4 cm³/mol. The van der Waals surface area contributed by atoms with Crippen LogP contribution in [0.4, 0.5) is 10.6 Å². The summed E-state index contributed by atoms with van der Waals surface area (Å²) in [6.07, 6.45) is 1.28. The van der Waals surface area contributed by atoms with Gasteiger partial charge in [0.25, 0.3) is 0 Å². The van der Waals surface area contributed by atoms with Crippen molar-refractivity contribution < 1.29 is 14.3 Å². The fourth-order valence-corrected chi connectivity index (χ4v) is 0.877. The average molecular weight is 215 g/mol. The van der Waals surface area contributed by atoms with E-state index in [1.165, 1.54) is 25.3 Å². The summed E-state index contributed by atoms with van der Waals surface area (Å²) < 4.78 is 4.53. The number of rotatable bonds is 2. The first-order valence-corrected chi connectivity index (χ1v) is 4.06. The van der Waals surface area contributed by atoms with E-state index in [1.54, 1.807) is 0 Å². The van der Waals surface area contributed by atoms with E-state index in [-0.39, 0.29) is 11.7 Å². The number of nitrogens with one attached hydrogen (secondary N) is 1. The number of hydrogen-bond acceptors (Lipinski definition) is 4. The van der Waals surface area contributed by atoms with E-state index < -0.39 is 5.43 Å². The lowest BCUT2D eigenvalue weighted by atomic mass is 10.4. The summed E-state index contributed by atoms with van der Waals surface area (Å²) in [5.74, 6) is 0.380. The minimum Gasteiger partial charge on any atom is -0.413 e. The van der Waals surface area contributed by atoms with E-state index >= 15 is 0 Å². The van der Waals surface area contributed by atoms with Crippen molar-refractivity contribution >= 4 is 28.8 Å². The fourth-order valence-electron chi connectivity index (χ4n) is 0.788. The van der Waals surface area contributed by atoms with Crippen LogP contribution in [0.25, 0.3) is 0 Å². The van der Waals surface area contributed by atoms with Crippen LogP contribution < -0.4 is 10.1 Å². The lowest BCUT2D eigenvalue weighted by Crippen LogP contribution is -2.07. The van der Waals surface area contributed by atoms with Gasteiger partial charge in [0.2, 0.25) is 5.91 Å². The number of nitrogens with zero attached hydrogens (tertiary/aromatic N) is 1. The van der Waals surface area contributed by atoms with Gasteiger partial charge in [-0.3, -0.25) is 4.79 Å². The van der Waals surface area contributed by atoms with Crippen LogP contribution in [0.5, 0.6) is 5.75 Å². The van der Waals surface area contributed by atoms with Crippen LogP contribution in [0.3, 0.4) is 0 Å². The largest absolute Gasteiger partial charge is 0.413 e. The number of amides is 1. The SMILES string of the molecule is CC(=O)Nc1ccc(OC(=O)Cl)cn1. The molecule has 1 amide bonds. The zero-order chi connectivity index (χ0) is 10.6. The number of anilines is 1. The molecule has 0 spiro atoms. The summed E-state index contributed by atoms with van der Waals surface area (Å²) >= 11 is 4.98. The Morgan fingerprint density at radius 3 is 2.64 bits per heavy atom. The monoisotopic (exact) mass is 214 g/mol. The molecule has 1 rings (SSSR count). The molecule has 1 aromatic rings. The third-order valence-corrected chi connectivity index (χ3v) is 1.32. The molecule has 0 atom stereocenters. The van der Waals surface area contributed by atoms with Crippen molar-refractivity contribution in [2.45, 2.75) is 6.92 Å². The van der Waals surface area contributed by atoms with Gasteiger partial charge in [0, 0.05) is 18.5 Å². The first kappa shape index (κ1) is 10.5. The van der Waals surface area contributed by atoms with E-state index in [0.29, 0.717) is 5.82 Å². The molecule has 1 aromatic heterocycles. The number of halogens is 1. The smallest absolute Gasteiger partial charge is 0.409 e. The van der Waals surface area contributed by atoms with Gasteiger partial charge < -0.3 is 10.1 Å². The van der Waals surface area contributed by atoms with Gasteiger partial charge in [0.05, 0.1) is 6.20 Å². The topological polar surface area (TPSA) is 68.3 Å². The van der Waals surface area contributed by atoms with Gasteiger partial charge in [0.1, 0.15) is 5.82 Å². The van der Waals surface area contributed by atoms with Crippen LogP contribution in [0, 0.1) is 0 Å². The molecule has 0 aliphatic carbocycles. The van der Waals surface area contributed by atoms with E-state index in [0.717, 1.165) is 0 Å². The van der Waals surface area contributed by atoms with Gasteiger partial charge in [-0.15, -0.1) is 0 Å². The van der Waals surface area contributed by atoms with Gasteiger partial charge >= 0.3 is 5.43 Å². The van der Waals surface area contributed by atoms with E-state index in [2.05, 4.69) is 15.0 Å². The number of hydrogen-bond donors (Lipinski definition) is 1. The Hall–Kier alpha value is -1.62. The highest BCUT2D eigenvalue weighted by Crippen LogP contribution is 2.12. The molecule has 0 unspecified atom stereocenters. The second kappa shape index (κ2) is 4.57. The second-order valence-corrected chi connectivity index (χ2v) is 2.71. The first-order chi connectivity index (χ1) is 6.58. The van der Waals surface area contributed by atoms with Gasteiger partial charge in [-0.05, 0) is 12.1 Å². The Morgan fingerprint density at radius 2 is 2.21 bits per heavy atom. The molecule has 74 valence electrons. The van der Waals surface area contributed by atoms with Crippen LogP contribution in [0.2, 0.25) is 0 Å². The Morgan fingerprint density at radius 1 is 1.50 bits per heavy atom. The zero-order valence-corrected chi connectivity index (χ0v) is 8.04. The van der Waals surface area contributed by atoms with Crippen LogP contribution in [-0.2, 0) is 4.79 Å². The molecule has 0 saturated heterocycles. The molecule has 0 aliphatic rings. The van der Waals surface area contributed by atoms with Crippen LogP contribution >= 0.6 is 11.6 Å². The molecular weight excluding hydrogens is 208 g/mol. The van der Waals surface area contributed by atoms with Crippen molar-refractivity contribution in [3.05, 3.63) is 18.3 Å². The Bertz CT molecular complexity index is 315. The van der Waals surface area contributed by atoms with E-state index in [9.17, 15) is 9.59 Å². The normalized spacial score (nSPS) is 9.29. The maximum absolute atomic E-state index is 10.6. The van der Waals surface area contributed by atoms with Crippen molar-refractivity contribution in [3.63, 3.8) is 0 Å². The standard InChI is InChI=1S/C8H7ClN2O3/c1-5(12)11-7-3-2-6(4-10-7)14-8(9)13/h2-4H,1H3,(H,10,11,12). The molecule has 0 aromatic carbocycles. The van der Waals surface area contributed by atoms with Gasteiger partial charge in [-0.1, -0.05) is 0 Å². The minimum absolute atomic E-state index is 0.221. The summed E-state index contributed by atoms with van der Waals surface area (Å²) in [4.78, 5) is 24.7. The first-order valence-electron chi connectivity index (χ1n) is 3.69. The van der Waals surface area contributed by atoms with Crippen molar-refractivity contribution in [2.75, 3.05) is 5.32 Å². The average Bonchev–Trinajstić information content (AvgIpc) is 2.06. The molecule has 5 nitrogen and oxygen atoms in total. The summed E-state index contributed by atoms with van der Waals surface area (Å²) in [6, 6.07) is 2.97. The molecule has 0 radical (unpaired) electrons.